The lowest BCUT2D eigenvalue weighted by Gasteiger charge is -2.13. The third-order valence-electron chi connectivity index (χ3n) is 3.94. The van der Waals surface area contributed by atoms with Crippen molar-refractivity contribution < 1.29 is 9.53 Å². The topological polar surface area (TPSA) is 64.1 Å². The summed E-state index contributed by atoms with van der Waals surface area (Å²) in [4.78, 5) is 22.9. The molecule has 0 spiro atoms. The normalized spacial score (nSPS) is 12.2. The highest BCUT2D eigenvalue weighted by Gasteiger charge is 2.18. The SMILES string of the molecule is CCOCCCNC(=O)C(C)Sc1nc(-c2cccs2)nc2ccccc12. The van der Waals surface area contributed by atoms with Crippen molar-refractivity contribution in [2.24, 2.45) is 0 Å². The second-order valence-corrected chi connectivity index (χ2v) is 8.23. The lowest BCUT2D eigenvalue weighted by molar-refractivity contribution is -0.120. The first-order chi connectivity index (χ1) is 13.2. The van der Waals surface area contributed by atoms with Crippen molar-refractivity contribution in [2.75, 3.05) is 19.8 Å². The summed E-state index contributed by atoms with van der Waals surface area (Å²) < 4.78 is 5.30. The van der Waals surface area contributed by atoms with Crippen molar-refractivity contribution >= 4 is 39.9 Å². The zero-order chi connectivity index (χ0) is 19.1. The second-order valence-electron chi connectivity index (χ2n) is 5.95. The van der Waals surface area contributed by atoms with E-state index < -0.39 is 0 Å². The van der Waals surface area contributed by atoms with Gasteiger partial charge in [0.25, 0.3) is 0 Å². The van der Waals surface area contributed by atoms with E-state index in [0.717, 1.165) is 27.2 Å². The van der Waals surface area contributed by atoms with Crippen molar-refractivity contribution in [3.8, 4) is 10.7 Å². The van der Waals surface area contributed by atoms with Gasteiger partial charge in [-0.2, -0.15) is 0 Å². The molecule has 1 aromatic carbocycles. The first-order valence-electron chi connectivity index (χ1n) is 9.01. The quantitative estimate of drug-likeness (QED) is 0.327. The minimum Gasteiger partial charge on any atom is -0.382 e. The van der Waals surface area contributed by atoms with Crippen LogP contribution in [0, 0.1) is 0 Å². The summed E-state index contributed by atoms with van der Waals surface area (Å²) in [7, 11) is 0. The van der Waals surface area contributed by atoms with E-state index in [4.69, 9.17) is 9.72 Å². The molecule has 0 aliphatic carbocycles. The van der Waals surface area contributed by atoms with Gasteiger partial charge in [-0.15, -0.1) is 11.3 Å². The standard InChI is InChI=1S/C20H23N3O2S2/c1-3-25-12-7-11-21-19(24)14(2)27-20-15-8-4-5-9-16(15)22-18(23-20)17-10-6-13-26-17/h4-6,8-10,13-14H,3,7,11-12H2,1-2H3,(H,21,24). The Kier molecular flexibility index (Phi) is 7.20. The summed E-state index contributed by atoms with van der Waals surface area (Å²) in [5.41, 5.74) is 0.891. The van der Waals surface area contributed by atoms with Gasteiger partial charge in [-0.25, -0.2) is 9.97 Å². The van der Waals surface area contributed by atoms with Crippen LogP contribution in [0.2, 0.25) is 0 Å². The largest absolute Gasteiger partial charge is 0.382 e. The molecule has 0 saturated heterocycles. The van der Waals surface area contributed by atoms with Gasteiger partial charge in [-0.1, -0.05) is 36.0 Å². The number of amides is 1. The predicted octanol–water partition coefficient (Wildman–Crippen LogP) is 4.38. The molecule has 0 aliphatic rings. The third kappa shape index (κ3) is 5.28. The Morgan fingerprint density at radius 3 is 2.89 bits per heavy atom. The van der Waals surface area contributed by atoms with E-state index in [1.54, 1.807) is 11.3 Å². The Balaban J connectivity index is 1.74. The van der Waals surface area contributed by atoms with Crippen LogP contribution in [-0.2, 0) is 9.53 Å². The van der Waals surface area contributed by atoms with E-state index in [9.17, 15) is 4.79 Å². The number of carbonyl (C=O) groups excluding carboxylic acids is 1. The highest BCUT2D eigenvalue weighted by molar-refractivity contribution is 8.00. The van der Waals surface area contributed by atoms with Crippen LogP contribution in [0.25, 0.3) is 21.6 Å². The Labute approximate surface area is 167 Å². The summed E-state index contributed by atoms with van der Waals surface area (Å²) in [6, 6.07) is 11.9. The average Bonchev–Trinajstić information content (AvgIpc) is 3.22. The number of ether oxygens (including phenoxy) is 1. The van der Waals surface area contributed by atoms with Crippen LogP contribution in [0.3, 0.4) is 0 Å². The van der Waals surface area contributed by atoms with E-state index >= 15 is 0 Å². The van der Waals surface area contributed by atoms with Crippen LogP contribution in [0.15, 0.2) is 46.8 Å². The number of carbonyl (C=O) groups is 1. The van der Waals surface area contributed by atoms with E-state index in [0.29, 0.717) is 25.6 Å². The van der Waals surface area contributed by atoms with Gasteiger partial charge < -0.3 is 10.1 Å². The number of para-hydroxylation sites is 1. The van der Waals surface area contributed by atoms with Gasteiger partial charge in [0.1, 0.15) is 5.03 Å². The molecule has 0 bridgehead atoms. The summed E-state index contributed by atoms with van der Waals surface area (Å²) in [5, 5.41) is 6.55. The lowest BCUT2D eigenvalue weighted by Crippen LogP contribution is -2.32. The van der Waals surface area contributed by atoms with Crippen molar-refractivity contribution in [1.29, 1.82) is 0 Å². The second kappa shape index (κ2) is 9.82. The number of hydrogen-bond donors (Lipinski definition) is 1. The number of hydrogen-bond acceptors (Lipinski definition) is 6. The molecule has 3 rings (SSSR count). The van der Waals surface area contributed by atoms with Crippen LogP contribution in [0.1, 0.15) is 20.3 Å². The maximum Gasteiger partial charge on any atom is 0.233 e. The maximum atomic E-state index is 12.4. The minimum atomic E-state index is -0.244. The third-order valence-corrected chi connectivity index (χ3v) is 5.90. The number of thioether (sulfide) groups is 1. The number of rotatable bonds is 9. The molecule has 27 heavy (non-hydrogen) atoms. The average molecular weight is 402 g/mol. The van der Waals surface area contributed by atoms with E-state index in [2.05, 4.69) is 10.3 Å². The smallest absolute Gasteiger partial charge is 0.233 e. The Morgan fingerprint density at radius 2 is 2.11 bits per heavy atom. The molecule has 3 aromatic rings. The molecule has 0 aliphatic heterocycles. The fourth-order valence-corrected chi connectivity index (χ4v) is 4.17. The number of aromatic nitrogens is 2. The number of thiophene rings is 1. The molecular formula is C20H23N3O2S2. The van der Waals surface area contributed by atoms with E-state index in [1.807, 2.05) is 55.6 Å². The van der Waals surface area contributed by atoms with Crippen molar-refractivity contribution in [2.45, 2.75) is 30.5 Å². The zero-order valence-corrected chi connectivity index (χ0v) is 17.1. The Bertz CT molecular complexity index is 884. The first-order valence-corrected chi connectivity index (χ1v) is 10.8. The molecule has 0 fully saturated rings. The highest BCUT2D eigenvalue weighted by atomic mass is 32.2. The molecule has 1 amide bonds. The van der Waals surface area contributed by atoms with Gasteiger partial charge in [0.2, 0.25) is 5.91 Å². The molecule has 1 unspecified atom stereocenters. The van der Waals surface area contributed by atoms with E-state index in [-0.39, 0.29) is 11.2 Å². The molecule has 1 atom stereocenters. The molecular weight excluding hydrogens is 378 g/mol. The van der Waals surface area contributed by atoms with E-state index in [1.165, 1.54) is 11.8 Å². The fourth-order valence-electron chi connectivity index (χ4n) is 2.55. The maximum absolute atomic E-state index is 12.4. The molecule has 5 nitrogen and oxygen atoms in total. The number of nitrogens with zero attached hydrogens (tertiary/aromatic N) is 2. The van der Waals surface area contributed by atoms with Crippen molar-refractivity contribution in [3.05, 3.63) is 41.8 Å². The molecule has 0 radical (unpaired) electrons. The summed E-state index contributed by atoms with van der Waals surface area (Å²) in [5.74, 6) is 0.715. The van der Waals surface area contributed by atoms with Crippen molar-refractivity contribution in [1.82, 2.24) is 15.3 Å². The molecule has 7 heteroatoms. The Hall–Kier alpha value is -1.96. The number of fused-ring (bicyclic) bond motifs is 1. The number of benzene rings is 1. The first kappa shape index (κ1) is 19.8. The number of nitrogens with one attached hydrogen (secondary N) is 1. The van der Waals surface area contributed by atoms with Gasteiger partial charge >= 0.3 is 0 Å². The van der Waals surface area contributed by atoms with Crippen LogP contribution < -0.4 is 5.32 Å². The summed E-state index contributed by atoms with van der Waals surface area (Å²) in [6.45, 7) is 5.86. The van der Waals surface area contributed by atoms with Gasteiger partial charge in [0.15, 0.2) is 5.82 Å². The molecule has 1 N–H and O–H groups in total. The molecule has 0 saturated carbocycles. The molecule has 2 aromatic heterocycles. The van der Waals surface area contributed by atoms with Crippen LogP contribution in [-0.4, -0.2) is 40.9 Å². The Morgan fingerprint density at radius 1 is 1.26 bits per heavy atom. The summed E-state index contributed by atoms with van der Waals surface area (Å²) >= 11 is 3.08. The molecule has 142 valence electrons. The summed E-state index contributed by atoms with van der Waals surface area (Å²) in [6.07, 6.45) is 0.815. The van der Waals surface area contributed by atoms with Crippen LogP contribution in [0.4, 0.5) is 0 Å². The van der Waals surface area contributed by atoms with Crippen LogP contribution in [0.5, 0.6) is 0 Å². The fraction of sp³-hybridized carbons (Fsp3) is 0.350. The van der Waals surface area contributed by atoms with Crippen molar-refractivity contribution in [3.63, 3.8) is 0 Å². The van der Waals surface area contributed by atoms with Gasteiger partial charge in [0, 0.05) is 25.1 Å². The van der Waals surface area contributed by atoms with Gasteiger partial charge in [-0.3, -0.25) is 4.79 Å². The predicted molar refractivity (Wildman–Crippen MR) is 112 cm³/mol. The zero-order valence-electron chi connectivity index (χ0n) is 15.5. The highest BCUT2D eigenvalue weighted by Crippen LogP contribution is 2.32. The minimum absolute atomic E-state index is 0.0110. The van der Waals surface area contributed by atoms with Gasteiger partial charge in [0.05, 0.1) is 15.6 Å². The van der Waals surface area contributed by atoms with Crippen LogP contribution >= 0.6 is 23.1 Å². The lowest BCUT2D eigenvalue weighted by atomic mass is 10.2. The van der Waals surface area contributed by atoms with Gasteiger partial charge in [-0.05, 0) is 37.8 Å². The monoisotopic (exact) mass is 401 g/mol. The molecule has 2 heterocycles.